The maximum Gasteiger partial charge on any atom is 0.404 e. The Morgan fingerprint density at radius 2 is 1.84 bits per heavy atom. The maximum absolute atomic E-state index is 11.0. The fraction of sp³-hybridized carbons (Fsp3) is 0.385. The molecule has 0 saturated carbocycles. The molecule has 1 aliphatic rings. The van der Waals surface area contributed by atoms with E-state index in [1.807, 2.05) is 16.5 Å². The lowest BCUT2D eigenvalue weighted by Crippen LogP contribution is -2.36. The summed E-state index contributed by atoms with van der Waals surface area (Å²) in [5.74, 6) is 0.710. The Labute approximate surface area is 235 Å². The van der Waals surface area contributed by atoms with E-state index in [1.54, 1.807) is 0 Å². The minimum absolute atomic E-state index is 0. The number of benzene rings is 1. The van der Waals surface area contributed by atoms with E-state index in [0.717, 1.165) is 40.8 Å². The van der Waals surface area contributed by atoms with Crippen molar-refractivity contribution in [3.63, 3.8) is 0 Å². The molecule has 200 valence electrons. The van der Waals surface area contributed by atoms with Gasteiger partial charge in [0.25, 0.3) is 0 Å². The first-order chi connectivity index (χ1) is 16.2. The largest absolute Gasteiger partial charge is 0.465 e. The second-order valence-electron chi connectivity index (χ2n) is 10.1. The summed E-state index contributed by atoms with van der Waals surface area (Å²) in [7, 11) is 0. The molecule has 0 radical (unpaired) electrons. The molecule has 1 fully saturated rings. The van der Waals surface area contributed by atoms with Crippen molar-refractivity contribution in [2.45, 2.75) is 51.6 Å². The number of carboxylic acid groups (broad SMARTS) is 1. The first-order valence-electron chi connectivity index (χ1n) is 11.7. The van der Waals surface area contributed by atoms with Gasteiger partial charge in [-0.05, 0) is 42.0 Å². The third-order valence-electron chi connectivity index (χ3n) is 6.76. The van der Waals surface area contributed by atoms with Crippen molar-refractivity contribution in [1.82, 2.24) is 29.8 Å². The average molecular weight is 568 g/mol. The number of amides is 1. The van der Waals surface area contributed by atoms with E-state index in [-0.39, 0.29) is 54.7 Å². The lowest BCUT2D eigenvalue weighted by Gasteiger charge is -2.24. The van der Waals surface area contributed by atoms with Crippen LogP contribution in [-0.2, 0) is 5.41 Å². The van der Waals surface area contributed by atoms with Gasteiger partial charge in [0, 0.05) is 36.8 Å². The standard InChI is InChI=1S/C26H30N6O2.3ClH/c1-16(31-13-12-19(15-31)27-25(33)34)18-9-11-22-29-30-24(32(22)14-18)21-10-8-17-6-5-7-20(23(17)28-21)26(2,3)4;;;/h5-11,14,16,19,27H,12-13,15H2,1-4H3,(H,33,34);3*1H/t16-,19?;;;/m0.../s1. The topological polar surface area (TPSA) is 95.7 Å². The van der Waals surface area contributed by atoms with Crippen LogP contribution in [-0.4, -0.2) is 54.8 Å². The summed E-state index contributed by atoms with van der Waals surface area (Å²) < 4.78 is 2.00. The van der Waals surface area contributed by atoms with Gasteiger partial charge < -0.3 is 10.4 Å². The third kappa shape index (κ3) is 6.09. The summed E-state index contributed by atoms with van der Waals surface area (Å²) in [6, 6.07) is 14.6. The molecule has 0 bridgehead atoms. The van der Waals surface area contributed by atoms with E-state index in [4.69, 9.17) is 10.1 Å². The minimum Gasteiger partial charge on any atom is -0.465 e. The molecule has 8 nitrogen and oxygen atoms in total. The number of halogens is 3. The van der Waals surface area contributed by atoms with Gasteiger partial charge in [0.1, 0.15) is 5.69 Å². The molecule has 2 atom stereocenters. The molecule has 5 rings (SSSR count). The zero-order chi connectivity index (χ0) is 24.0. The van der Waals surface area contributed by atoms with Gasteiger partial charge in [-0.15, -0.1) is 47.4 Å². The molecular formula is C26H33Cl3N6O2. The zero-order valence-corrected chi connectivity index (χ0v) is 23.7. The number of hydrogen-bond donors (Lipinski definition) is 2. The summed E-state index contributed by atoms with van der Waals surface area (Å²) in [6.45, 7) is 10.3. The van der Waals surface area contributed by atoms with Gasteiger partial charge in [-0.25, -0.2) is 9.78 Å². The van der Waals surface area contributed by atoms with Crippen LogP contribution in [0.2, 0.25) is 0 Å². The average Bonchev–Trinajstić information content (AvgIpc) is 3.43. The van der Waals surface area contributed by atoms with Crippen molar-refractivity contribution < 1.29 is 9.90 Å². The Balaban J connectivity index is 0.00000160. The van der Waals surface area contributed by atoms with E-state index in [1.165, 1.54) is 5.56 Å². The lowest BCUT2D eigenvalue weighted by molar-refractivity contribution is 0.188. The van der Waals surface area contributed by atoms with Crippen molar-refractivity contribution in [3.05, 3.63) is 59.8 Å². The van der Waals surface area contributed by atoms with Gasteiger partial charge in [-0.3, -0.25) is 9.30 Å². The SMILES string of the molecule is C[C@@H](c1ccc2nnc(-c3ccc4cccc(C(C)(C)C)c4n3)n2c1)N1CCC(NC(=O)O)C1.Cl.Cl.Cl. The molecule has 0 spiro atoms. The van der Waals surface area contributed by atoms with Crippen LogP contribution in [0.5, 0.6) is 0 Å². The highest BCUT2D eigenvalue weighted by Crippen LogP contribution is 2.31. The van der Waals surface area contributed by atoms with Crippen molar-refractivity contribution in [2.24, 2.45) is 0 Å². The molecule has 1 amide bonds. The molecule has 37 heavy (non-hydrogen) atoms. The van der Waals surface area contributed by atoms with Crippen LogP contribution in [0.4, 0.5) is 4.79 Å². The van der Waals surface area contributed by atoms with E-state index >= 15 is 0 Å². The van der Waals surface area contributed by atoms with Crippen LogP contribution >= 0.6 is 37.2 Å². The van der Waals surface area contributed by atoms with Gasteiger partial charge in [-0.1, -0.05) is 51.1 Å². The number of fused-ring (bicyclic) bond motifs is 2. The molecule has 2 N–H and O–H groups in total. The van der Waals surface area contributed by atoms with E-state index in [0.29, 0.717) is 12.4 Å². The summed E-state index contributed by atoms with van der Waals surface area (Å²) in [5.41, 5.74) is 4.85. The second kappa shape index (κ2) is 11.8. The normalized spacial score (nSPS) is 16.5. The number of pyridine rings is 2. The maximum atomic E-state index is 11.0. The van der Waals surface area contributed by atoms with Crippen LogP contribution < -0.4 is 5.32 Å². The molecule has 4 aromatic rings. The summed E-state index contributed by atoms with van der Waals surface area (Å²) in [5, 5.41) is 21.6. The predicted molar refractivity (Wildman–Crippen MR) is 154 cm³/mol. The molecular weight excluding hydrogens is 535 g/mol. The van der Waals surface area contributed by atoms with E-state index in [2.05, 4.69) is 84.6 Å². The molecule has 1 aromatic carbocycles. The van der Waals surface area contributed by atoms with Gasteiger partial charge in [0.15, 0.2) is 11.5 Å². The number of aromatic nitrogens is 4. The first kappa shape index (κ1) is 30.6. The third-order valence-corrected chi connectivity index (χ3v) is 6.76. The van der Waals surface area contributed by atoms with Crippen LogP contribution in [0.25, 0.3) is 28.1 Å². The van der Waals surface area contributed by atoms with E-state index < -0.39 is 6.09 Å². The lowest BCUT2D eigenvalue weighted by atomic mass is 9.85. The Hall–Kier alpha value is -2.65. The summed E-state index contributed by atoms with van der Waals surface area (Å²) >= 11 is 0. The van der Waals surface area contributed by atoms with Crippen molar-refractivity contribution in [2.75, 3.05) is 13.1 Å². The first-order valence-corrected chi connectivity index (χ1v) is 11.7. The van der Waals surface area contributed by atoms with Crippen LogP contribution in [0, 0.1) is 0 Å². The fourth-order valence-electron chi connectivity index (χ4n) is 4.85. The molecule has 1 aliphatic heterocycles. The van der Waals surface area contributed by atoms with Crippen LogP contribution in [0.15, 0.2) is 48.7 Å². The van der Waals surface area contributed by atoms with Crippen molar-refractivity contribution >= 4 is 59.9 Å². The highest BCUT2D eigenvalue weighted by atomic mass is 35.5. The van der Waals surface area contributed by atoms with Gasteiger partial charge in [-0.2, -0.15) is 0 Å². The number of para-hydroxylation sites is 1. The van der Waals surface area contributed by atoms with E-state index in [9.17, 15) is 4.79 Å². The number of rotatable bonds is 4. The smallest absolute Gasteiger partial charge is 0.404 e. The Kier molecular flexibility index (Phi) is 9.76. The quantitative estimate of drug-likeness (QED) is 0.318. The Bertz CT molecular complexity index is 1390. The zero-order valence-electron chi connectivity index (χ0n) is 21.2. The van der Waals surface area contributed by atoms with Crippen LogP contribution in [0.1, 0.15) is 51.3 Å². The molecule has 1 saturated heterocycles. The molecule has 11 heteroatoms. The highest BCUT2D eigenvalue weighted by molar-refractivity contribution is 5.86. The molecule has 1 unspecified atom stereocenters. The number of nitrogens with one attached hydrogen (secondary N) is 1. The summed E-state index contributed by atoms with van der Waals surface area (Å²) in [4.78, 5) is 18.3. The van der Waals surface area contributed by atoms with Gasteiger partial charge in [0.05, 0.1) is 5.52 Å². The fourth-order valence-corrected chi connectivity index (χ4v) is 4.85. The molecule has 3 aromatic heterocycles. The number of likely N-dealkylation sites (tertiary alicyclic amines) is 1. The van der Waals surface area contributed by atoms with Gasteiger partial charge >= 0.3 is 6.09 Å². The van der Waals surface area contributed by atoms with Crippen molar-refractivity contribution in [3.8, 4) is 11.5 Å². The Morgan fingerprint density at radius 1 is 1.08 bits per heavy atom. The highest BCUT2D eigenvalue weighted by Gasteiger charge is 2.28. The summed E-state index contributed by atoms with van der Waals surface area (Å²) in [6.07, 6.45) is 1.93. The van der Waals surface area contributed by atoms with Crippen LogP contribution in [0.3, 0.4) is 0 Å². The van der Waals surface area contributed by atoms with Crippen molar-refractivity contribution in [1.29, 1.82) is 0 Å². The number of carbonyl (C=O) groups is 1. The Morgan fingerprint density at radius 3 is 2.54 bits per heavy atom. The van der Waals surface area contributed by atoms with Gasteiger partial charge in [0.2, 0.25) is 0 Å². The number of hydrogen-bond acceptors (Lipinski definition) is 5. The number of nitrogens with zero attached hydrogens (tertiary/aromatic N) is 5. The predicted octanol–water partition coefficient (Wildman–Crippen LogP) is 5.91. The second-order valence-corrected chi connectivity index (χ2v) is 10.1. The molecule has 4 heterocycles. The minimum atomic E-state index is -0.965. The monoisotopic (exact) mass is 566 g/mol. The molecule has 0 aliphatic carbocycles.